The lowest BCUT2D eigenvalue weighted by Gasteiger charge is -2.38. The lowest BCUT2D eigenvalue weighted by molar-refractivity contribution is -0.271. The smallest absolute Gasteiger partial charge is 0.335 e. The average Bonchev–Trinajstić information content (AvgIpc) is 3.85. The first-order valence-electron chi connectivity index (χ1n) is 15.0. The number of carbonyl (C=O) groups is 2. The van der Waals surface area contributed by atoms with E-state index in [1.807, 2.05) is 10.9 Å². The fraction of sp³-hybridized carbons (Fsp3) is 0.419. The topological polar surface area (TPSA) is 209 Å². The van der Waals surface area contributed by atoms with Crippen LogP contribution in [0.15, 0.2) is 49.2 Å². The number of nitriles is 1. The second-order valence-electron chi connectivity index (χ2n) is 11.6. The number of rotatable bonds is 8. The van der Waals surface area contributed by atoms with Gasteiger partial charge in [-0.25, -0.2) is 19.6 Å². The molecule has 0 bridgehead atoms. The number of ether oxygens (including phenoxy) is 2. The fourth-order valence-electron chi connectivity index (χ4n) is 6.28. The van der Waals surface area contributed by atoms with Crippen LogP contribution in [-0.4, -0.2) is 94.5 Å². The van der Waals surface area contributed by atoms with Gasteiger partial charge in [0.05, 0.1) is 36.1 Å². The van der Waals surface area contributed by atoms with Gasteiger partial charge in [-0.15, -0.1) is 0 Å². The van der Waals surface area contributed by atoms with Crippen molar-refractivity contribution in [3.63, 3.8) is 0 Å². The molecule has 1 aliphatic carbocycles. The molecule has 4 heterocycles. The van der Waals surface area contributed by atoms with E-state index in [1.165, 1.54) is 47.2 Å². The van der Waals surface area contributed by atoms with Gasteiger partial charge in [-0.05, 0) is 43.0 Å². The number of benzene rings is 1. The molecular formula is C31H32ClN7O8. The van der Waals surface area contributed by atoms with Gasteiger partial charge in [0.25, 0.3) is 0 Å². The van der Waals surface area contributed by atoms with Crippen LogP contribution in [-0.2, 0) is 9.53 Å². The van der Waals surface area contributed by atoms with Crippen molar-refractivity contribution in [2.75, 3.05) is 11.9 Å². The van der Waals surface area contributed by atoms with Crippen molar-refractivity contribution < 1.29 is 39.5 Å². The van der Waals surface area contributed by atoms with Gasteiger partial charge in [0.2, 0.25) is 6.29 Å². The molecule has 2 aliphatic rings. The fourth-order valence-corrected chi connectivity index (χ4v) is 6.45. The number of carboxylic acid groups (broad SMARTS) is 1. The van der Waals surface area contributed by atoms with Crippen molar-refractivity contribution in [2.45, 2.75) is 68.9 Å². The highest BCUT2D eigenvalue weighted by Crippen LogP contribution is 2.38. The van der Waals surface area contributed by atoms with E-state index in [1.54, 1.807) is 12.3 Å². The summed E-state index contributed by atoms with van der Waals surface area (Å²) in [6.45, 7) is 0. The Bertz CT molecular complexity index is 1830. The largest absolute Gasteiger partial charge is 0.479 e. The van der Waals surface area contributed by atoms with E-state index in [0.717, 1.165) is 25.7 Å². The van der Waals surface area contributed by atoms with Gasteiger partial charge in [-0.1, -0.05) is 24.4 Å². The van der Waals surface area contributed by atoms with E-state index >= 15 is 0 Å². The first-order chi connectivity index (χ1) is 22.6. The number of hydrogen-bond acceptors (Lipinski definition) is 11. The van der Waals surface area contributed by atoms with Gasteiger partial charge in [0, 0.05) is 35.4 Å². The molecule has 4 N–H and O–H groups in total. The number of carboxylic acids is 1. The molecule has 0 spiro atoms. The summed E-state index contributed by atoms with van der Waals surface area (Å²) in [7, 11) is 1.45. The summed E-state index contributed by atoms with van der Waals surface area (Å²) in [6, 6.07) is 7.65. The third kappa shape index (κ3) is 6.13. The number of amides is 1. The molecule has 3 aromatic heterocycles. The second-order valence-corrected chi connectivity index (χ2v) is 12.1. The highest BCUT2D eigenvalue weighted by Gasteiger charge is 2.48. The summed E-state index contributed by atoms with van der Waals surface area (Å²) in [6.07, 6.45) is 2.02. The van der Waals surface area contributed by atoms with Gasteiger partial charge in [-0.2, -0.15) is 10.4 Å². The average molecular weight is 666 g/mol. The molecule has 1 saturated carbocycles. The number of aromatic nitrogens is 5. The van der Waals surface area contributed by atoms with Crippen LogP contribution in [0, 0.1) is 17.2 Å². The second kappa shape index (κ2) is 13.3. The van der Waals surface area contributed by atoms with Crippen molar-refractivity contribution >= 4 is 40.3 Å². The number of aliphatic hydroxyl groups is 3. The maximum atomic E-state index is 13.9. The molecule has 1 aliphatic heterocycles. The molecule has 1 aromatic carbocycles. The number of aliphatic hydroxyl groups excluding tert-OH is 3. The van der Waals surface area contributed by atoms with Gasteiger partial charge in [-0.3, -0.25) is 14.1 Å². The Morgan fingerprint density at radius 3 is 2.66 bits per heavy atom. The summed E-state index contributed by atoms with van der Waals surface area (Å²) in [5.41, 5.74) is 1.70. The number of halogens is 1. The number of fused-ring (bicyclic) bond motifs is 1. The third-order valence-corrected chi connectivity index (χ3v) is 9.01. The Morgan fingerprint density at radius 2 is 1.94 bits per heavy atom. The molecule has 0 unspecified atom stereocenters. The lowest BCUT2D eigenvalue weighted by Crippen LogP contribution is -2.61. The first-order valence-corrected chi connectivity index (χ1v) is 15.4. The normalized spacial score (nSPS) is 23.8. The van der Waals surface area contributed by atoms with E-state index in [2.05, 4.69) is 21.1 Å². The Morgan fingerprint density at radius 1 is 1.17 bits per heavy atom. The molecule has 6 atom stereocenters. The standard InChI is InChI=1S/C31H32ClN7O8/c1-37(21-12-18(32)6-7-22(21)46-30-26(42)24(40)25(41)27(47-30)29(43)44)31(45)38-11-9-19-23(34-15-35-28(19)38)17-13-36-39(14-17)20(8-10-33)16-4-2-3-5-16/h6-7,9,11-16,20,24-27,30,40-42H,2-5,8H2,1H3,(H,43,44)/t20-,24+,25+,26-,27+,30-/m1/s1. The zero-order chi connectivity index (χ0) is 33.4. The minimum atomic E-state index is -1.90. The molecule has 1 amide bonds. The summed E-state index contributed by atoms with van der Waals surface area (Å²) in [5, 5.41) is 54.9. The van der Waals surface area contributed by atoms with Crippen LogP contribution in [0.1, 0.15) is 38.1 Å². The summed E-state index contributed by atoms with van der Waals surface area (Å²) in [5.74, 6) is -1.22. The lowest BCUT2D eigenvalue weighted by atomic mass is 9.96. The Balaban J connectivity index is 1.28. The summed E-state index contributed by atoms with van der Waals surface area (Å²) >= 11 is 6.26. The van der Waals surface area contributed by atoms with Crippen molar-refractivity contribution in [3.05, 3.63) is 54.2 Å². The van der Waals surface area contributed by atoms with Crippen LogP contribution in [0.3, 0.4) is 0 Å². The Kier molecular flexibility index (Phi) is 9.13. The highest BCUT2D eigenvalue weighted by molar-refractivity contribution is 6.31. The Labute approximate surface area is 273 Å². The molecule has 6 rings (SSSR count). The van der Waals surface area contributed by atoms with Crippen LogP contribution in [0.5, 0.6) is 5.75 Å². The number of anilines is 1. The third-order valence-electron chi connectivity index (χ3n) is 8.77. The number of aliphatic carboxylic acids is 1. The van der Waals surface area contributed by atoms with Crippen LogP contribution in [0.4, 0.5) is 10.5 Å². The van der Waals surface area contributed by atoms with Gasteiger partial charge >= 0.3 is 12.0 Å². The van der Waals surface area contributed by atoms with Crippen LogP contribution in [0.2, 0.25) is 5.02 Å². The molecule has 15 nitrogen and oxygen atoms in total. The zero-order valence-electron chi connectivity index (χ0n) is 25.1. The van der Waals surface area contributed by atoms with Gasteiger partial charge in [0.15, 0.2) is 11.8 Å². The molecule has 0 radical (unpaired) electrons. The predicted molar refractivity (Wildman–Crippen MR) is 166 cm³/mol. The minimum Gasteiger partial charge on any atom is -0.479 e. The monoisotopic (exact) mass is 665 g/mol. The van der Waals surface area contributed by atoms with E-state index in [9.17, 15) is 35.3 Å². The molecule has 16 heteroatoms. The molecule has 246 valence electrons. The quantitative estimate of drug-likeness (QED) is 0.214. The minimum absolute atomic E-state index is 0.0320. The number of nitrogens with zero attached hydrogens (tertiary/aromatic N) is 7. The maximum Gasteiger partial charge on any atom is 0.335 e. The van der Waals surface area contributed by atoms with E-state index in [0.29, 0.717) is 34.6 Å². The van der Waals surface area contributed by atoms with Gasteiger partial charge < -0.3 is 29.9 Å². The molecule has 4 aromatic rings. The molecule has 47 heavy (non-hydrogen) atoms. The SMILES string of the molecule is CN(C(=O)n1ccc2c(-c3cnn([C@H](CC#N)C4CCCC4)c3)ncnc21)c1cc(Cl)ccc1O[C@@H]1O[C@H](C(=O)O)[C@@H](O)[C@H](O)[C@H]1O. The van der Waals surface area contributed by atoms with Crippen molar-refractivity contribution in [1.82, 2.24) is 24.3 Å². The van der Waals surface area contributed by atoms with Gasteiger partial charge in [0.1, 0.15) is 30.4 Å². The van der Waals surface area contributed by atoms with Crippen LogP contribution >= 0.6 is 11.6 Å². The van der Waals surface area contributed by atoms with E-state index in [4.69, 9.17) is 21.1 Å². The van der Waals surface area contributed by atoms with Crippen LogP contribution in [0.25, 0.3) is 22.3 Å². The van der Waals surface area contributed by atoms with Crippen molar-refractivity contribution in [2.24, 2.45) is 5.92 Å². The zero-order valence-corrected chi connectivity index (χ0v) is 25.9. The van der Waals surface area contributed by atoms with E-state index in [-0.39, 0.29) is 22.5 Å². The van der Waals surface area contributed by atoms with Crippen molar-refractivity contribution in [3.8, 4) is 23.1 Å². The highest BCUT2D eigenvalue weighted by atomic mass is 35.5. The molecule has 2 fully saturated rings. The maximum absolute atomic E-state index is 13.9. The summed E-state index contributed by atoms with van der Waals surface area (Å²) < 4.78 is 14.2. The predicted octanol–water partition coefficient (Wildman–Crippen LogP) is 2.97. The number of carbonyl (C=O) groups excluding carboxylic acids is 1. The molecule has 1 saturated heterocycles. The van der Waals surface area contributed by atoms with Crippen LogP contribution < -0.4 is 9.64 Å². The molecular weight excluding hydrogens is 634 g/mol. The summed E-state index contributed by atoms with van der Waals surface area (Å²) in [4.78, 5) is 35.5. The van der Waals surface area contributed by atoms with E-state index < -0.39 is 42.7 Å². The Hall–Kier alpha value is -4.59. The van der Waals surface area contributed by atoms with Crippen molar-refractivity contribution in [1.29, 1.82) is 5.26 Å². The number of hydrogen-bond donors (Lipinski definition) is 4. The first kappa shape index (κ1) is 32.4.